The van der Waals surface area contributed by atoms with Crippen molar-refractivity contribution >= 4 is 11.6 Å². The molecule has 0 fully saturated rings. The molecule has 0 radical (unpaired) electrons. The molecule has 4 aromatic rings. The van der Waals surface area contributed by atoms with E-state index in [1.165, 1.54) is 0 Å². The van der Waals surface area contributed by atoms with Crippen LogP contribution in [0.1, 0.15) is 27.0 Å². The van der Waals surface area contributed by atoms with Crippen molar-refractivity contribution in [2.24, 2.45) is 5.10 Å². The van der Waals surface area contributed by atoms with E-state index in [9.17, 15) is 4.79 Å². The zero-order valence-corrected chi connectivity index (χ0v) is 19.6. The van der Waals surface area contributed by atoms with E-state index in [1.807, 2.05) is 78.9 Å². The molecule has 6 nitrogen and oxygen atoms in total. The van der Waals surface area contributed by atoms with E-state index >= 15 is 0 Å². The Bertz CT molecular complexity index is 1220. The maximum atomic E-state index is 12.8. The van der Waals surface area contributed by atoms with Gasteiger partial charge in [-0.05, 0) is 78.4 Å². The number of amides is 1. The standard InChI is InChI=1S/C29H26N2O4/c1-33-25-14-8-22(9-15-25)28(23-10-16-26(34-2)17-11-23)30-31-29(32)24-12-18-27(19-13-24)35-20-21-6-4-3-5-7-21/h3-19H,20H2,1-2H3,(H,31,32). The molecule has 0 aliphatic carbocycles. The van der Waals surface area contributed by atoms with E-state index < -0.39 is 0 Å². The third kappa shape index (κ3) is 6.26. The lowest BCUT2D eigenvalue weighted by molar-refractivity contribution is 0.0955. The average molecular weight is 467 g/mol. The first-order chi connectivity index (χ1) is 17.2. The minimum Gasteiger partial charge on any atom is -0.497 e. The summed E-state index contributed by atoms with van der Waals surface area (Å²) in [6.45, 7) is 0.462. The number of hydrazone groups is 1. The van der Waals surface area contributed by atoms with Crippen molar-refractivity contribution in [1.82, 2.24) is 5.43 Å². The van der Waals surface area contributed by atoms with Gasteiger partial charge >= 0.3 is 0 Å². The molecule has 6 heteroatoms. The van der Waals surface area contributed by atoms with Crippen LogP contribution in [0.25, 0.3) is 0 Å². The van der Waals surface area contributed by atoms with Gasteiger partial charge in [0.25, 0.3) is 5.91 Å². The van der Waals surface area contributed by atoms with Crippen LogP contribution in [0.2, 0.25) is 0 Å². The van der Waals surface area contributed by atoms with E-state index in [-0.39, 0.29) is 5.91 Å². The lowest BCUT2D eigenvalue weighted by Gasteiger charge is -2.10. The second kappa shape index (κ2) is 11.5. The molecule has 0 aromatic heterocycles. The van der Waals surface area contributed by atoms with Crippen LogP contribution in [-0.2, 0) is 6.61 Å². The highest BCUT2D eigenvalue weighted by atomic mass is 16.5. The molecule has 0 saturated carbocycles. The van der Waals surface area contributed by atoms with E-state index in [2.05, 4.69) is 10.5 Å². The molecule has 0 saturated heterocycles. The summed E-state index contributed by atoms with van der Waals surface area (Å²) >= 11 is 0. The summed E-state index contributed by atoms with van der Waals surface area (Å²) in [5.41, 5.74) is 6.52. The lowest BCUT2D eigenvalue weighted by atomic mass is 10.0. The van der Waals surface area contributed by atoms with Gasteiger partial charge in [-0.3, -0.25) is 4.79 Å². The number of benzene rings is 4. The Morgan fingerprint density at radius 2 is 1.14 bits per heavy atom. The van der Waals surface area contributed by atoms with E-state index in [4.69, 9.17) is 14.2 Å². The molecule has 0 aliphatic heterocycles. The quantitative estimate of drug-likeness (QED) is 0.263. The molecule has 0 spiro atoms. The fourth-order valence-electron chi connectivity index (χ4n) is 3.41. The molecule has 176 valence electrons. The number of nitrogens with zero attached hydrogens (tertiary/aromatic N) is 1. The molecule has 1 N–H and O–H groups in total. The maximum Gasteiger partial charge on any atom is 0.271 e. The predicted octanol–water partition coefficient (Wildman–Crippen LogP) is 5.47. The van der Waals surface area contributed by atoms with Crippen molar-refractivity contribution in [2.45, 2.75) is 6.61 Å². The summed E-state index contributed by atoms with van der Waals surface area (Å²) in [4.78, 5) is 12.8. The van der Waals surface area contributed by atoms with E-state index in [1.54, 1.807) is 38.5 Å². The van der Waals surface area contributed by atoms with Gasteiger partial charge < -0.3 is 14.2 Å². The SMILES string of the molecule is COc1ccc(C(=NNC(=O)c2ccc(OCc3ccccc3)cc2)c2ccc(OC)cc2)cc1. The minimum atomic E-state index is -0.320. The van der Waals surface area contributed by atoms with Crippen molar-refractivity contribution in [3.05, 3.63) is 125 Å². The Hall–Kier alpha value is -4.58. The van der Waals surface area contributed by atoms with Gasteiger partial charge in [0.2, 0.25) is 0 Å². The first-order valence-corrected chi connectivity index (χ1v) is 11.1. The number of methoxy groups -OCH3 is 2. The highest BCUT2D eigenvalue weighted by Gasteiger charge is 2.11. The van der Waals surface area contributed by atoms with Crippen molar-refractivity contribution in [1.29, 1.82) is 0 Å². The molecule has 1 amide bonds. The summed E-state index contributed by atoms with van der Waals surface area (Å²) in [7, 11) is 3.23. The van der Waals surface area contributed by atoms with Gasteiger partial charge in [0.15, 0.2) is 0 Å². The van der Waals surface area contributed by atoms with Crippen LogP contribution < -0.4 is 19.6 Å². The first kappa shape index (κ1) is 23.6. The molecular formula is C29H26N2O4. The van der Waals surface area contributed by atoms with Crippen LogP contribution in [0.5, 0.6) is 17.2 Å². The number of nitrogens with one attached hydrogen (secondary N) is 1. The number of carbonyl (C=O) groups excluding carboxylic acids is 1. The van der Waals surface area contributed by atoms with Gasteiger partial charge in [-0.2, -0.15) is 5.10 Å². The summed E-state index contributed by atoms with van der Waals surface area (Å²) in [6.07, 6.45) is 0. The van der Waals surface area contributed by atoms with Gasteiger partial charge in [0, 0.05) is 16.7 Å². The Morgan fingerprint density at radius 1 is 0.657 bits per heavy atom. The highest BCUT2D eigenvalue weighted by Crippen LogP contribution is 2.19. The van der Waals surface area contributed by atoms with Gasteiger partial charge in [-0.15, -0.1) is 0 Å². The minimum absolute atomic E-state index is 0.320. The monoisotopic (exact) mass is 466 g/mol. The zero-order chi connectivity index (χ0) is 24.5. The number of hydrogen-bond acceptors (Lipinski definition) is 5. The summed E-state index contributed by atoms with van der Waals surface area (Å²) in [6, 6.07) is 31.9. The number of rotatable bonds is 9. The van der Waals surface area contributed by atoms with Crippen molar-refractivity contribution in [2.75, 3.05) is 14.2 Å². The third-order valence-electron chi connectivity index (χ3n) is 5.36. The van der Waals surface area contributed by atoms with Crippen molar-refractivity contribution in [3.8, 4) is 17.2 Å². The average Bonchev–Trinajstić information content (AvgIpc) is 2.93. The van der Waals surface area contributed by atoms with Crippen LogP contribution in [0, 0.1) is 0 Å². The third-order valence-corrected chi connectivity index (χ3v) is 5.36. The van der Waals surface area contributed by atoms with Crippen LogP contribution in [0.4, 0.5) is 0 Å². The van der Waals surface area contributed by atoms with E-state index in [0.717, 1.165) is 28.2 Å². The van der Waals surface area contributed by atoms with E-state index in [0.29, 0.717) is 23.6 Å². The number of carbonyl (C=O) groups is 1. The molecule has 35 heavy (non-hydrogen) atoms. The Labute approximate surface area is 204 Å². The molecule has 4 rings (SSSR count). The molecule has 0 unspecified atom stereocenters. The fraction of sp³-hybridized carbons (Fsp3) is 0.103. The van der Waals surface area contributed by atoms with Crippen molar-refractivity contribution < 1.29 is 19.0 Å². The molecule has 0 heterocycles. The lowest BCUT2D eigenvalue weighted by Crippen LogP contribution is -2.20. The fourth-order valence-corrected chi connectivity index (χ4v) is 3.41. The van der Waals surface area contributed by atoms with Crippen LogP contribution in [0.15, 0.2) is 108 Å². The number of ether oxygens (including phenoxy) is 3. The summed E-state index contributed by atoms with van der Waals surface area (Å²) in [5, 5.41) is 4.45. The zero-order valence-electron chi connectivity index (χ0n) is 19.6. The maximum absolute atomic E-state index is 12.8. The highest BCUT2D eigenvalue weighted by molar-refractivity contribution is 6.13. The van der Waals surface area contributed by atoms with Crippen LogP contribution in [-0.4, -0.2) is 25.8 Å². The van der Waals surface area contributed by atoms with Crippen LogP contribution >= 0.6 is 0 Å². The first-order valence-electron chi connectivity index (χ1n) is 11.1. The smallest absolute Gasteiger partial charge is 0.271 e. The van der Waals surface area contributed by atoms with Gasteiger partial charge in [0.05, 0.1) is 19.9 Å². The Morgan fingerprint density at radius 3 is 1.66 bits per heavy atom. The predicted molar refractivity (Wildman–Crippen MR) is 136 cm³/mol. The Balaban J connectivity index is 1.49. The molecule has 0 aliphatic rings. The summed E-state index contributed by atoms with van der Waals surface area (Å²) < 4.78 is 16.3. The molecular weight excluding hydrogens is 440 g/mol. The largest absolute Gasteiger partial charge is 0.497 e. The van der Waals surface area contributed by atoms with Gasteiger partial charge in [0.1, 0.15) is 23.9 Å². The molecule has 4 aromatic carbocycles. The normalized spacial score (nSPS) is 10.2. The van der Waals surface area contributed by atoms with Gasteiger partial charge in [-0.1, -0.05) is 30.3 Å². The molecule has 0 atom stereocenters. The second-order valence-corrected chi connectivity index (χ2v) is 7.66. The topological polar surface area (TPSA) is 69.2 Å². The summed E-state index contributed by atoms with van der Waals surface area (Å²) in [5.74, 6) is 1.84. The Kier molecular flexibility index (Phi) is 7.76. The number of hydrogen-bond donors (Lipinski definition) is 1. The van der Waals surface area contributed by atoms with Gasteiger partial charge in [-0.25, -0.2) is 5.43 Å². The van der Waals surface area contributed by atoms with Crippen LogP contribution in [0.3, 0.4) is 0 Å². The van der Waals surface area contributed by atoms with Crippen molar-refractivity contribution in [3.63, 3.8) is 0 Å². The second-order valence-electron chi connectivity index (χ2n) is 7.66. The molecule has 0 bridgehead atoms.